The smallest absolute Gasteiger partial charge is 0.410 e. The molecule has 138 valence electrons. The minimum absolute atomic E-state index is 0.149. The number of esters is 1. The number of likely N-dealkylation sites (N-methyl/N-ethyl adjacent to an activating group) is 1. The van der Waals surface area contributed by atoms with Crippen molar-refractivity contribution in [2.45, 2.75) is 19.6 Å². The Kier molecular flexibility index (Phi) is 5.71. The third-order valence-electron chi connectivity index (χ3n) is 4.35. The van der Waals surface area contributed by atoms with Crippen LogP contribution in [0.15, 0.2) is 72.8 Å². The van der Waals surface area contributed by atoms with Crippen molar-refractivity contribution in [1.82, 2.24) is 4.90 Å². The van der Waals surface area contributed by atoms with E-state index in [1.807, 2.05) is 60.7 Å². The van der Waals surface area contributed by atoms with Gasteiger partial charge in [0, 0.05) is 7.05 Å². The molecule has 0 saturated carbocycles. The summed E-state index contributed by atoms with van der Waals surface area (Å²) in [5.74, 6) is -0.0824. The van der Waals surface area contributed by atoms with Gasteiger partial charge in [0.2, 0.25) is 0 Å². The van der Waals surface area contributed by atoms with Crippen LogP contribution in [0.4, 0.5) is 4.79 Å². The molecule has 0 aliphatic rings. The van der Waals surface area contributed by atoms with Crippen LogP contribution in [0.25, 0.3) is 10.8 Å². The van der Waals surface area contributed by atoms with Crippen molar-refractivity contribution >= 4 is 22.8 Å². The quantitative estimate of drug-likeness (QED) is 0.498. The first-order valence-corrected chi connectivity index (χ1v) is 8.68. The zero-order valence-electron chi connectivity index (χ0n) is 15.3. The third-order valence-corrected chi connectivity index (χ3v) is 4.35. The molecular weight excluding hydrogens is 342 g/mol. The van der Waals surface area contributed by atoms with Crippen LogP contribution in [0.3, 0.4) is 0 Å². The molecule has 3 aromatic carbocycles. The highest BCUT2D eigenvalue weighted by molar-refractivity contribution is 5.86. The molecule has 0 fully saturated rings. The number of hydrogen-bond acceptors (Lipinski definition) is 4. The first kappa shape index (κ1) is 18.5. The summed E-state index contributed by atoms with van der Waals surface area (Å²) in [6, 6.07) is 21.8. The Morgan fingerprint density at radius 1 is 0.926 bits per heavy atom. The normalized spacial score (nSPS) is 11.6. The second-order valence-corrected chi connectivity index (χ2v) is 6.26. The van der Waals surface area contributed by atoms with E-state index in [0.29, 0.717) is 5.75 Å². The average molecular weight is 363 g/mol. The predicted octanol–water partition coefficient (Wildman–Crippen LogP) is 4.40. The van der Waals surface area contributed by atoms with Crippen molar-refractivity contribution in [2.75, 3.05) is 7.05 Å². The lowest BCUT2D eigenvalue weighted by molar-refractivity contribution is -0.138. The maximum absolute atomic E-state index is 12.4. The van der Waals surface area contributed by atoms with Crippen LogP contribution in [0.2, 0.25) is 0 Å². The summed E-state index contributed by atoms with van der Waals surface area (Å²) in [6.07, 6.45) is -0.582. The first-order chi connectivity index (χ1) is 13.0. The molecule has 0 heterocycles. The van der Waals surface area contributed by atoms with Gasteiger partial charge in [-0.1, -0.05) is 60.7 Å². The highest BCUT2D eigenvalue weighted by Crippen LogP contribution is 2.21. The summed E-state index contributed by atoms with van der Waals surface area (Å²) >= 11 is 0. The van der Waals surface area contributed by atoms with E-state index in [-0.39, 0.29) is 6.61 Å². The molecule has 27 heavy (non-hydrogen) atoms. The summed E-state index contributed by atoms with van der Waals surface area (Å²) in [7, 11) is 1.51. The summed E-state index contributed by atoms with van der Waals surface area (Å²) in [4.78, 5) is 25.8. The fourth-order valence-corrected chi connectivity index (χ4v) is 2.57. The number of fused-ring (bicyclic) bond motifs is 1. The first-order valence-electron chi connectivity index (χ1n) is 8.68. The van der Waals surface area contributed by atoms with Gasteiger partial charge in [-0.2, -0.15) is 0 Å². The molecular formula is C22H21NO4. The summed E-state index contributed by atoms with van der Waals surface area (Å²) < 4.78 is 10.7. The number of rotatable bonds is 5. The summed E-state index contributed by atoms with van der Waals surface area (Å²) in [5, 5.41) is 2.04. The topological polar surface area (TPSA) is 55.8 Å². The lowest BCUT2D eigenvalue weighted by Crippen LogP contribution is -2.42. The maximum atomic E-state index is 12.4. The SMILES string of the molecule is C[C@@H](C(=O)Oc1ccc2ccccc2c1)N(C)C(=O)OCc1ccccc1. The maximum Gasteiger partial charge on any atom is 0.410 e. The second kappa shape index (κ2) is 8.36. The van der Waals surface area contributed by atoms with Crippen molar-refractivity contribution < 1.29 is 19.1 Å². The Hall–Kier alpha value is -3.34. The van der Waals surface area contributed by atoms with Gasteiger partial charge in [-0.15, -0.1) is 0 Å². The van der Waals surface area contributed by atoms with Crippen LogP contribution in [0, 0.1) is 0 Å². The monoisotopic (exact) mass is 363 g/mol. The number of carbonyl (C=O) groups excluding carboxylic acids is 2. The largest absolute Gasteiger partial charge is 0.445 e. The van der Waals surface area contributed by atoms with Crippen LogP contribution in [0.5, 0.6) is 5.75 Å². The number of hydrogen-bond donors (Lipinski definition) is 0. The molecule has 0 saturated heterocycles. The van der Waals surface area contributed by atoms with Gasteiger partial charge in [-0.3, -0.25) is 4.90 Å². The fourth-order valence-electron chi connectivity index (χ4n) is 2.57. The minimum atomic E-state index is -0.778. The van der Waals surface area contributed by atoms with Crippen molar-refractivity contribution in [3.05, 3.63) is 78.4 Å². The molecule has 0 unspecified atom stereocenters. The molecule has 0 aliphatic heterocycles. The lowest BCUT2D eigenvalue weighted by atomic mass is 10.1. The van der Waals surface area contributed by atoms with Crippen molar-refractivity contribution in [3.63, 3.8) is 0 Å². The second-order valence-electron chi connectivity index (χ2n) is 6.26. The van der Waals surface area contributed by atoms with Gasteiger partial charge in [0.25, 0.3) is 0 Å². The Balaban J connectivity index is 1.58. The van der Waals surface area contributed by atoms with E-state index in [2.05, 4.69) is 0 Å². The molecule has 5 nitrogen and oxygen atoms in total. The van der Waals surface area contributed by atoms with Crippen LogP contribution in [-0.4, -0.2) is 30.1 Å². The van der Waals surface area contributed by atoms with Gasteiger partial charge >= 0.3 is 12.1 Å². The molecule has 0 bridgehead atoms. The van der Waals surface area contributed by atoms with Gasteiger partial charge in [-0.05, 0) is 35.4 Å². The highest BCUT2D eigenvalue weighted by atomic mass is 16.6. The standard InChI is InChI=1S/C22H21NO4/c1-16(23(2)22(25)26-15-17-8-4-3-5-9-17)21(24)27-20-13-12-18-10-6-7-11-19(18)14-20/h3-14,16H,15H2,1-2H3/t16-/m0/s1. The molecule has 3 rings (SSSR count). The molecule has 0 aliphatic carbocycles. The zero-order chi connectivity index (χ0) is 19.2. The Morgan fingerprint density at radius 3 is 2.33 bits per heavy atom. The molecule has 0 radical (unpaired) electrons. The van der Waals surface area contributed by atoms with E-state index < -0.39 is 18.1 Å². The van der Waals surface area contributed by atoms with E-state index in [1.165, 1.54) is 11.9 Å². The minimum Gasteiger partial charge on any atom is -0.445 e. The van der Waals surface area contributed by atoms with Crippen LogP contribution in [0.1, 0.15) is 12.5 Å². The average Bonchev–Trinajstić information content (AvgIpc) is 2.71. The summed E-state index contributed by atoms with van der Waals surface area (Å²) in [5.41, 5.74) is 0.880. The van der Waals surface area contributed by atoms with Crippen molar-refractivity contribution in [2.24, 2.45) is 0 Å². The number of carbonyl (C=O) groups is 2. The molecule has 1 atom stereocenters. The van der Waals surface area contributed by atoms with E-state index in [4.69, 9.17) is 9.47 Å². The number of benzene rings is 3. The number of amides is 1. The third kappa shape index (κ3) is 4.64. The molecule has 0 spiro atoms. The van der Waals surface area contributed by atoms with Gasteiger partial charge in [0.1, 0.15) is 18.4 Å². The van der Waals surface area contributed by atoms with E-state index in [0.717, 1.165) is 16.3 Å². The van der Waals surface area contributed by atoms with E-state index >= 15 is 0 Å². The lowest BCUT2D eigenvalue weighted by Gasteiger charge is -2.22. The Morgan fingerprint density at radius 2 is 1.59 bits per heavy atom. The Labute approximate surface area is 158 Å². The van der Waals surface area contributed by atoms with Crippen LogP contribution < -0.4 is 4.74 Å². The molecule has 5 heteroatoms. The molecule has 0 aromatic heterocycles. The summed E-state index contributed by atoms with van der Waals surface area (Å²) in [6.45, 7) is 1.75. The van der Waals surface area contributed by atoms with Gasteiger partial charge in [-0.25, -0.2) is 9.59 Å². The van der Waals surface area contributed by atoms with E-state index in [9.17, 15) is 9.59 Å². The molecule has 3 aromatic rings. The van der Waals surface area contributed by atoms with Gasteiger partial charge in [0.05, 0.1) is 0 Å². The Bertz CT molecular complexity index is 939. The van der Waals surface area contributed by atoms with Crippen LogP contribution in [-0.2, 0) is 16.1 Å². The number of ether oxygens (including phenoxy) is 2. The molecule has 1 amide bonds. The van der Waals surface area contributed by atoms with E-state index in [1.54, 1.807) is 19.1 Å². The predicted molar refractivity (Wildman–Crippen MR) is 103 cm³/mol. The van der Waals surface area contributed by atoms with Gasteiger partial charge in [0.15, 0.2) is 0 Å². The fraction of sp³-hybridized carbons (Fsp3) is 0.182. The van der Waals surface area contributed by atoms with Crippen LogP contribution >= 0.6 is 0 Å². The van der Waals surface area contributed by atoms with Crippen molar-refractivity contribution in [1.29, 1.82) is 0 Å². The number of nitrogens with zero attached hydrogens (tertiary/aromatic N) is 1. The molecule has 0 N–H and O–H groups in total. The highest BCUT2D eigenvalue weighted by Gasteiger charge is 2.25. The van der Waals surface area contributed by atoms with Gasteiger partial charge < -0.3 is 9.47 Å². The zero-order valence-corrected chi connectivity index (χ0v) is 15.3. The van der Waals surface area contributed by atoms with Crippen molar-refractivity contribution in [3.8, 4) is 5.75 Å².